The number of hydrogen-bond donors (Lipinski definition) is 1. The highest BCUT2D eigenvalue weighted by atomic mass is 16.4. The van der Waals surface area contributed by atoms with Gasteiger partial charge in [0.1, 0.15) is 0 Å². The van der Waals surface area contributed by atoms with E-state index in [-0.39, 0.29) is 5.41 Å². The largest absolute Gasteiger partial charge is 0.481 e. The SMILES string of the molecule is CN1CCCC(CC2(C(=O)O)CC2)C1. The van der Waals surface area contributed by atoms with Crippen molar-refractivity contribution in [3.63, 3.8) is 0 Å². The maximum Gasteiger partial charge on any atom is 0.309 e. The van der Waals surface area contributed by atoms with Gasteiger partial charge in [-0.1, -0.05) is 0 Å². The van der Waals surface area contributed by atoms with E-state index >= 15 is 0 Å². The lowest BCUT2D eigenvalue weighted by Gasteiger charge is -2.31. The molecule has 2 fully saturated rings. The van der Waals surface area contributed by atoms with Gasteiger partial charge in [-0.15, -0.1) is 0 Å². The minimum atomic E-state index is -0.564. The van der Waals surface area contributed by atoms with Gasteiger partial charge in [-0.05, 0) is 51.6 Å². The van der Waals surface area contributed by atoms with Crippen molar-refractivity contribution in [3.05, 3.63) is 0 Å². The molecule has 1 N–H and O–H groups in total. The van der Waals surface area contributed by atoms with Crippen LogP contribution in [-0.4, -0.2) is 36.1 Å². The predicted molar refractivity (Wildman–Crippen MR) is 54.1 cm³/mol. The lowest BCUT2D eigenvalue weighted by Crippen LogP contribution is -2.34. The van der Waals surface area contributed by atoms with Gasteiger partial charge in [-0.25, -0.2) is 0 Å². The molecule has 80 valence electrons. The Balaban J connectivity index is 1.88. The van der Waals surface area contributed by atoms with Crippen molar-refractivity contribution in [1.82, 2.24) is 4.90 Å². The Labute approximate surface area is 85.1 Å². The van der Waals surface area contributed by atoms with Crippen LogP contribution >= 0.6 is 0 Å². The summed E-state index contributed by atoms with van der Waals surface area (Å²) in [4.78, 5) is 13.4. The van der Waals surface area contributed by atoms with E-state index in [2.05, 4.69) is 11.9 Å². The third kappa shape index (κ3) is 1.92. The number of likely N-dealkylation sites (tertiary alicyclic amines) is 1. The van der Waals surface area contributed by atoms with Gasteiger partial charge in [0.05, 0.1) is 5.41 Å². The Kier molecular flexibility index (Phi) is 2.52. The molecule has 3 nitrogen and oxygen atoms in total. The van der Waals surface area contributed by atoms with Crippen molar-refractivity contribution in [2.75, 3.05) is 20.1 Å². The summed E-state index contributed by atoms with van der Waals surface area (Å²) in [6.45, 7) is 2.27. The Hall–Kier alpha value is -0.570. The number of carboxylic acid groups (broad SMARTS) is 1. The van der Waals surface area contributed by atoms with Crippen LogP contribution < -0.4 is 0 Å². The summed E-state index contributed by atoms with van der Waals surface area (Å²) in [5, 5.41) is 9.09. The van der Waals surface area contributed by atoms with Crippen molar-refractivity contribution in [1.29, 1.82) is 0 Å². The van der Waals surface area contributed by atoms with Gasteiger partial charge in [0.2, 0.25) is 0 Å². The zero-order valence-electron chi connectivity index (χ0n) is 8.83. The highest BCUT2D eigenvalue weighted by Crippen LogP contribution is 2.51. The molecule has 0 aromatic rings. The van der Waals surface area contributed by atoms with Crippen molar-refractivity contribution in [3.8, 4) is 0 Å². The summed E-state index contributed by atoms with van der Waals surface area (Å²) in [7, 11) is 2.13. The van der Waals surface area contributed by atoms with Gasteiger partial charge in [-0.2, -0.15) is 0 Å². The number of rotatable bonds is 3. The first kappa shape index (κ1) is 9.97. The van der Waals surface area contributed by atoms with Crippen LogP contribution in [0.3, 0.4) is 0 Å². The Bertz CT molecular complexity index is 235. The van der Waals surface area contributed by atoms with E-state index in [1.54, 1.807) is 0 Å². The zero-order chi connectivity index (χ0) is 10.2. The number of piperidine rings is 1. The second-order valence-corrected chi connectivity index (χ2v) is 5.06. The van der Waals surface area contributed by atoms with Crippen molar-refractivity contribution < 1.29 is 9.90 Å². The zero-order valence-corrected chi connectivity index (χ0v) is 8.83. The lowest BCUT2D eigenvalue weighted by atomic mass is 9.86. The van der Waals surface area contributed by atoms with E-state index in [1.807, 2.05) is 0 Å². The molecule has 14 heavy (non-hydrogen) atoms. The van der Waals surface area contributed by atoms with Gasteiger partial charge in [0.15, 0.2) is 0 Å². The molecular weight excluding hydrogens is 178 g/mol. The van der Waals surface area contributed by atoms with E-state index in [9.17, 15) is 4.79 Å². The first-order valence-electron chi connectivity index (χ1n) is 5.54. The first-order chi connectivity index (χ1) is 6.62. The molecular formula is C11H19NO2. The van der Waals surface area contributed by atoms with Gasteiger partial charge >= 0.3 is 5.97 Å². The summed E-state index contributed by atoms with van der Waals surface area (Å²) < 4.78 is 0. The van der Waals surface area contributed by atoms with E-state index < -0.39 is 5.97 Å². The quantitative estimate of drug-likeness (QED) is 0.746. The van der Waals surface area contributed by atoms with Crippen LogP contribution in [-0.2, 0) is 4.79 Å². The fraction of sp³-hybridized carbons (Fsp3) is 0.909. The number of carbonyl (C=O) groups is 1. The number of hydrogen-bond acceptors (Lipinski definition) is 2. The fourth-order valence-electron chi connectivity index (χ4n) is 2.65. The second kappa shape index (κ2) is 3.54. The molecule has 1 saturated carbocycles. The smallest absolute Gasteiger partial charge is 0.309 e. The van der Waals surface area contributed by atoms with Crippen LogP contribution in [0.25, 0.3) is 0 Å². The Morgan fingerprint density at radius 1 is 1.57 bits per heavy atom. The van der Waals surface area contributed by atoms with E-state index in [4.69, 9.17) is 5.11 Å². The van der Waals surface area contributed by atoms with Crippen LogP contribution in [0.5, 0.6) is 0 Å². The average Bonchev–Trinajstić information content (AvgIpc) is 2.85. The van der Waals surface area contributed by atoms with Crippen LogP contribution in [0.4, 0.5) is 0 Å². The summed E-state index contributed by atoms with van der Waals surface area (Å²) >= 11 is 0. The summed E-state index contributed by atoms with van der Waals surface area (Å²) in [5.41, 5.74) is -0.317. The standard InChI is InChI=1S/C11H19NO2/c1-12-6-2-3-9(8-12)7-11(4-5-11)10(13)14/h9H,2-8H2,1H3,(H,13,14). The average molecular weight is 197 g/mol. The van der Waals surface area contributed by atoms with Crippen molar-refractivity contribution >= 4 is 5.97 Å². The number of carboxylic acids is 1. The van der Waals surface area contributed by atoms with Gasteiger partial charge < -0.3 is 10.0 Å². The molecule has 0 radical (unpaired) electrons. The number of nitrogens with zero attached hydrogens (tertiary/aromatic N) is 1. The first-order valence-corrected chi connectivity index (χ1v) is 5.54. The molecule has 2 aliphatic rings. The maximum absolute atomic E-state index is 11.0. The molecule has 1 aliphatic carbocycles. The van der Waals surface area contributed by atoms with E-state index in [1.165, 1.54) is 19.4 Å². The highest BCUT2D eigenvalue weighted by molar-refractivity contribution is 5.77. The minimum Gasteiger partial charge on any atom is -0.481 e. The van der Waals surface area contributed by atoms with Gasteiger partial charge in [0.25, 0.3) is 0 Å². The molecule has 1 aliphatic heterocycles. The molecule has 0 amide bonds. The van der Waals surface area contributed by atoms with Crippen LogP contribution in [0.15, 0.2) is 0 Å². The molecule has 1 atom stereocenters. The molecule has 2 rings (SSSR count). The van der Waals surface area contributed by atoms with Crippen LogP contribution in [0.1, 0.15) is 32.1 Å². The van der Waals surface area contributed by atoms with Gasteiger partial charge in [-0.3, -0.25) is 4.79 Å². The molecule has 0 aromatic heterocycles. The van der Waals surface area contributed by atoms with Crippen molar-refractivity contribution in [2.45, 2.75) is 32.1 Å². The number of aliphatic carboxylic acids is 1. The van der Waals surface area contributed by atoms with E-state index in [0.717, 1.165) is 25.8 Å². The highest BCUT2D eigenvalue weighted by Gasteiger charge is 2.51. The predicted octanol–water partition coefficient (Wildman–Crippen LogP) is 1.58. The van der Waals surface area contributed by atoms with Crippen LogP contribution in [0, 0.1) is 11.3 Å². The lowest BCUT2D eigenvalue weighted by molar-refractivity contribution is -0.144. The summed E-state index contributed by atoms with van der Waals surface area (Å²) in [5.74, 6) is 0.0538. The molecule has 3 heteroatoms. The van der Waals surface area contributed by atoms with Crippen molar-refractivity contribution in [2.24, 2.45) is 11.3 Å². The molecule has 0 aromatic carbocycles. The summed E-state index contributed by atoms with van der Waals surface area (Å²) in [6, 6.07) is 0. The van der Waals surface area contributed by atoms with E-state index in [0.29, 0.717) is 5.92 Å². The topological polar surface area (TPSA) is 40.5 Å². The summed E-state index contributed by atoms with van der Waals surface area (Å²) in [6.07, 6.45) is 5.17. The van der Waals surface area contributed by atoms with Gasteiger partial charge in [0, 0.05) is 6.54 Å². The van der Waals surface area contributed by atoms with Crippen LogP contribution in [0.2, 0.25) is 0 Å². The minimum absolute atomic E-state index is 0.317. The maximum atomic E-state index is 11.0. The third-order valence-corrected chi connectivity index (χ3v) is 3.71. The molecule has 1 saturated heterocycles. The molecule has 1 heterocycles. The Morgan fingerprint density at radius 2 is 2.29 bits per heavy atom. The monoisotopic (exact) mass is 197 g/mol. The normalized spacial score (nSPS) is 31.4. The molecule has 0 bridgehead atoms. The second-order valence-electron chi connectivity index (χ2n) is 5.06. The third-order valence-electron chi connectivity index (χ3n) is 3.71. The molecule has 1 unspecified atom stereocenters. The molecule has 0 spiro atoms. The Morgan fingerprint density at radius 3 is 2.79 bits per heavy atom. The fourth-order valence-corrected chi connectivity index (χ4v) is 2.65.